The minimum atomic E-state index is 0.369. The fourth-order valence-electron chi connectivity index (χ4n) is 4.61. The zero-order valence-electron chi connectivity index (χ0n) is 14.3. The number of hydrogen-bond donors (Lipinski definition) is 2. The lowest BCUT2D eigenvalue weighted by molar-refractivity contribution is -0.130. The van der Waals surface area contributed by atoms with Crippen LogP contribution in [0.2, 0.25) is 0 Å². The van der Waals surface area contributed by atoms with Gasteiger partial charge in [0.15, 0.2) is 0 Å². The average molecular weight is 326 g/mol. The molecule has 0 aromatic carbocycles. The quantitative estimate of drug-likeness (QED) is 0.855. The summed E-state index contributed by atoms with van der Waals surface area (Å²) in [6.45, 7) is 3.77. The topological polar surface area (TPSA) is 62.8 Å². The highest BCUT2D eigenvalue weighted by Crippen LogP contribution is 2.54. The maximum absolute atomic E-state index is 6.01. The smallest absolute Gasteiger partial charge is 0.0710 e. The van der Waals surface area contributed by atoms with E-state index < -0.39 is 0 Å². The zero-order valence-corrected chi connectivity index (χ0v) is 14.3. The summed E-state index contributed by atoms with van der Waals surface area (Å²) in [7, 11) is 0. The van der Waals surface area contributed by atoms with Crippen LogP contribution in [0.1, 0.15) is 44.6 Å². The summed E-state index contributed by atoms with van der Waals surface area (Å²) >= 11 is 0. The van der Waals surface area contributed by atoms with Gasteiger partial charge in [0.05, 0.1) is 18.0 Å². The Kier molecular flexibility index (Phi) is 4.37. The van der Waals surface area contributed by atoms with Crippen molar-refractivity contribution >= 4 is 0 Å². The zero-order chi connectivity index (χ0) is 16.4. The number of nitrogens with zero attached hydrogens (tertiary/aromatic N) is 2. The Morgan fingerprint density at radius 1 is 1.33 bits per heavy atom. The molecule has 2 heterocycles. The minimum absolute atomic E-state index is 0.369. The Hall–Kier alpha value is -1.72. The molecule has 5 heteroatoms. The van der Waals surface area contributed by atoms with Gasteiger partial charge < -0.3 is 10.1 Å². The molecule has 0 unspecified atom stereocenters. The number of H-pyrrole nitrogens is 1. The third-order valence-electron chi connectivity index (χ3n) is 5.89. The van der Waals surface area contributed by atoms with Gasteiger partial charge in [-0.3, -0.25) is 10.1 Å². The maximum atomic E-state index is 6.01. The van der Waals surface area contributed by atoms with Crippen LogP contribution in [0.4, 0.5) is 0 Å². The first-order valence-electron chi connectivity index (χ1n) is 9.11. The molecule has 2 N–H and O–H groups in total. The van der Waals surface area contributed by atoms with E-state index >= 15 is 0 Å². The van der Waals surface area contributed by atoms with Gasteiger partial charge in [-0.2, -0.15) is 5.10 Å². The Bertz CT molecular complexity index is 663. The van der Waals surface area contributed by atoms with Crippen molar-refractivity contribution in [2.24, 2.45) is 5.41 Å². The lowest BCUT2D eigenvalue weighted by atomic mass is 9.60. The fourth-order valence-corrected chi connectivity index (χ4v) is 4.61. The SMILES string of the molecule is CCO[C@H]1C[C@H](NCc2cn[nH]c2-c2cccnc2)C12CCCC2. The van der Waals surface area contributed by atoms with Crippen LogP contribution in [0.3, 0.4) is 0 Å². The second-order valence-electron chi connectivity index (χ2n) is 7.07. The fraction of sp³-hybridized carbons (Fsp3) is 0.579. The van der Waals surface area contributed by atoms with E-state index in [-0.39, 0.29) is 0 Å². The summed E-state index contributed by atoms with van der Waals surface area (Å²) in [6, 6.07) is 4.59. The molecule has 24 heavy (non-hydrogen) atoms. The largest absolute Gasteiger partial charge is 0.378 e. The minimum Gasteiger partial charge on any atom is -0.378 e. The predicted molar refractivity (Wildman–Crippen MR) is 93.4 cm³/mol. The number of pyridine rings is 1. The predicted octanol–water partition coefficient (Wildman–Crippen LogP) is 3.30. The summed E-state index contributed by atoms with van der Waals surface area (Å²) in [5.41, 5.74) is 3.73. The van der Waals surface area contributed by atoms with Crippen LogP contribution in [0, 0.1) is 5.41 Å². The van der Waals surface area contributed by atoms with Crippen LogP contribution in [-0.2, 0) is 11.3 Å². The third-order valence-corrected chi connectivity index (χ3v) is 5.89. The van der Waals surface area contributed by atoms with Crippen molar-refractivity contribution in [1.29, 1.82) is 0 Å². The van der Waals surface area contributed by atoms with Crippen LogP contribution in [0.25, 0.3) is 11.3 Å². The highest BCUT2D eigenvalue weighted by molar-refractivity contribution is 5.61. The Labute approximate surface area is 143 Å². The van der Waals surface area contributed by atoms with Crippen LogP contribution in [0.5, 0.6) is 0 Å². The molecule has 5 nitrogen and oxygen atoms in total. The van der Waals surface area contributed by atoms with Gasteiger partial charge in [0.1, 0.15) is 0 Å². The van der Waals surface area contributed by atoms with Gasteiger partial charge in [-0.15, -0.1) is 0 Å². The maximum Gasteiger partial charge on any atom is 0.0710 e. The van der Waals surface area contributed by atoms with Gasteiger partial charge in [0, 0.05) is 48.1 Å². The van der Waals surface area contributed by atoms with Gasteiger partial charge in [0.2, 0.25) is 0 Å². The molecule has 0 aliphatic heterocycles. The van der Waals surface area contributed by atoms with E-state index in [9.17, 15) is 0 Å². The Morgan fingerprint density at radius 2 is 2.21 bits per heavy atom. The summed E-state index contributed by atoms with van der Waals surface area (Å²) in [5, 5.41) is 11.1. The number of ether oxygens (including phenoxy) is 1. The van der Waals surface area contributed by atoms with Gasteiger partial charge in [-0.1, -0.05) is 12.8 Å². The van der Waals surface area contributed by atoms with Gasteiger partial charge in [-0.05, 0) is 38.3 Å². The highest BCUT2D eigenvalue weighted by atomic mass is 16.5. The van der Waals surface area contributed by atoms with Crippen LogP contribution in [0.15, 0.2) is 30.7 Å². The summed E-state index contributed by atoms with van der Waals surface area (Å²) in [5.74, 6) is 0. The lowest BCUT2D eigenvalue weighted by Crippen LogP contribution is -2.62. The van der Waals surface area contributed by atoms with Gasteiger partial charge in [0.25, 0.3) is 0 Å². The number of aromatic amines is 1. The van der Waals surface area contributed by atoms with E-state index in [1.165, 1.54) is 31.2 Å². The number of nitrogens with one attached hydrogen (secondary N) is 2. The van der Waals surface area contributed by atoms with Crippen molar-refractivity contribution < 1.29 is 4.74 Å². The Morgan fingerprint density at radius 3 is 2.96 bits per heavy atom. The summed E-state index contributed by atoms with van der Waals surface area (Å²) in [6.07, 6.45) is 12.5. The van der Waals surface area contributed by atoms with E-state index in [1.54, 1.807) is 6.20 Å². The molecule has 128 valence electrons. The first kappa shape index (κ1) is 15.8. The molecular weight excluding hydrogens is 300 g/mol. The molecule has 0 saturated heterocycles. The molecule has 2 aliphatic rings. The normalized spacial score (nSPS) is 25.0. The van der Waals surface area contributed by atoms with Crippen molar-refractivity contribution in [3.05, 3.63) is 36.3 Å². The monoisotopic (exact) mass is 326 g/mol. The molecule has 0 bridgehead atoms. The van der Waals surface area contributed by atoms with Crippen molar-refractivity contribution in [3.63, 3.8) is 0 Å². The van der Waals surface area contributed by atoms with Crippen molar-refractivity contribution in [1.82, 2.24) is 20.5 Å². The second kappa shape index (κ2) is 6.65. The van der Waals surface area contributed by atoms with Gasteiger partial charge in [-0.25, -0.2) is 0 Å². The second-order valence-corrected chi connectivity index (χ2v) is 7.07. The van der Waals surface area contributed by atoms with Crippen molar-refractivity contribution in [3.8, 4) is 11.3 Å². The lowest BCUT2D eigenvalue weighted by Gasteiger charge is -2.54. The molecule has 2 aromatic heterocycles. The van der Waals surface area contributed by atoms with E-state index in [0.717, 1.165) is 30.8 Å². The van der Waals surface area contributed by atoms with E-state index in [0.29, 0.717) is 17.6 Å². The first-order chi connectivity index (χ1) is 11.8. The molecule has 0 radical (unpaired) electrons. The molecule has 2 fully saturated rings. The van der Waals surface area contributed by atoms with E-state index in [1.807, 2.05) is 18.5 Å². The molecule has 2 atom stereocenters. The number of hydrogen-bond acceptors (Lipinski definition) is 4. The summed E-state index contributed by atoms with van der Waals surface area (Å²) in [4.78, 5) is 4.21. The van der Waals surface area contributed by atoms with Crippen molar-refractivity contribution in [2.75, 3.05) is 6.61 Å². The number of rotatable bonds is 6. The van der Waals surface area contributed by atoms with Crippen LogP contribution < -0.4 is 5.32 Å². The van der Waals surface area contributed by atoms with Crippen LogP contribution >= 0.6 is 0 Å². The summed E-state index contributed by atoms with van der Waals surface area (Å²) < 4.78 is 6.01. The molecule has 2 aromatic rings. The van der Waals surface area contributed by atoms with Gasteiger partial charge >= 0.3 is 0 Å². The third kappa shape index (κ3) is 2.66. The highest BCUT2D eigenvalue weighted by Gasteiger charge is 2.56. The van der Waals surface area contributed by atoms with Crippen molar-refractivity contribution in [2.45, 2.75) is 57.7 Å². The number of aromatic nitrogens is 3. The molecule has 1 spiro atoms. The Balaban J connectivity index is 1.44. The first-order valence-corrected chi connectivity index (χ1v) is 9.11. The standard InChI is InChI=1S/C19H26N4O/c1-2-24-17-10-16(19(17)7-3-4-8-19)21-12-15-13-22-23-18(15)14-6-5-9-20-11-14/h5-6,9,11,13,16-17,21H,2-4,7-8,10,12H2,1H3,(H,22,23)/t16-,17-/m0/s1. The van der Waals surface area contributed by atoms with Crippen LogP contribution in [-0.4, -0.2) is 33.9 Å². The molecule has 4 rings (SSSR count). The van der Waals surface area contributed by atoms with E-state index in [2.05, 4.69) is 33.5 Å². The molecule has 2 aliphatic carbocycles. The molecule has 2 saturated carbocycles. The molecule has 0 amide bonds. The van der Waals surface area contributed by atoms with E-state index in [4.69, 9.17) is 4.74 Å². The average Bonchev–Trinajstić information content (AvgIpc) is 3.29. The molecular formula is C19H26N4O.